The topological polar surface area (TPSA) is 92.8 Å². The van der Waals surface area contributed by atoms with Crippen LogP contribution in [0.3, 0.4) is 0 Å². The first-order valence-corrected chi connectivity index (χ1v) is 12.6. The standard InChI is InChI=1S/C24H32N2O5S/c1-14-8-7-11-19(15(14)2)25-21(27)16(3)31-24(30)20(12-13-32-4)26-22(28)17-9-5-6-10-18(17)23(26)29/h5-6,9-10,14-16,19-20H,7-8,11-13H2,1-4H3,(H,25,27)/t14-,15+,16+,19+,20+/m0/s1. The summed E-state index contributed by atoms with van der Waals surface area (Å²) >= 11 is 1.51. The molecule has 0 saturated heterocycles. The van der Waals surface area contributed by atoms with Crippen LogP contribution in [0.25, 0.3) is 0 Å². The van der Waals surface area contributed by atoms with Gasteiger partial charge >= 0.3 is 5.97 Å². The first-order chi connectivity index (χ1) is 15.3. The van der Waals surface area contributed by atoms with Crippen LogP contribution >= 0.6 is 11.8 Å². The average molecular weight is 461 g/mol. The Kier molecular flexibility index (Phi) is 7.98. The Labute approximate surface area is 193 Å². The Bertz CT molecular complexity index is 854. The zero-order valence-corrected chi connectivity index (χ0v) is 19.9. The molecule has 8 heteroatoms. The van der Waals surface area contributed by atoms with Crippen LogP contribution in [0.2, 0.25) is 0 Å². The normalized spacial score (nSPS) is 24.6. The zero-order valence-electron chi connectivity index (χ0n) is 19.1. The monoisotopic (exact) mass is 460 g/mol. The lowest BCUT2D eigenvalue weighted by molar-refractivity contribution is -0.159. The molecule has 0 spiro atoms. The van der Waals surface area contributed by atoms with Crippen LogP contribution in [0.5, 0.6) is 0 Å². The fourth-order valence-electron chi connectivity index (χ4n) is 4.46. The van der Waals surface area contributed by atoms with Gasteiger partial charge in [0, 0.05) is 6.04 Å². The quantitative estimate of drug-likeness (QED) is 0.473. The molecule has 0 bridgehead atoms. The molecule has 1 aromatic rings. The smallest absolute Gasteiger partial charge is 0.330 e. The van der Waals surface area contributed by atoms with Gasteiger partial charge in [-0.1, -0.05) is 38.8 Å². The summed E-state index contributed by atoms with van der Waals surface area (Å²) in [5.74, 6) is -0.659. The maximum atomic E-state index is 13.0. The highest BCUT2D eigenvalue weighted by atomic mass is 32.2. The van der Waals surface area contributed by atoms with E-state index in [2.05, 4.69) is 19.2 Å². The van der Waals surface area contributed by atoms with Crippen molar-refractivity contribution in [2.75, 3.05) is 12.0 Å². The third-order valence-corrected chi connectivity index (χ3v) is 7.35. The zero-order chi connectivity index (χ0) is 23.4. The average Bonchev–Trinajstić information content (AvgIpc) is 3.02. The second kappa shape index (κ2) is 10.5. The summed E-state index contributed by atoms with van der Waals surface area (Å²) in [6.45, 7) is 5.84. The number of nitrogens with one attached hydrogen (secondary N) is 1. The molecule has 0 unspecified atom stereocenters. The lowest BCUT2D eigenvalue weighted by atomic mass is 9.78. The van der Waals surface area contributed by atoms with Gasteiger partial charge in [-0.15, -0.1) is 0 Å². The highest BCUT2D eigenvalue weighted by molar-refractivity contribution is 7.98. The van der Waals surface area contributed by atoms with E-state index < -0.39 is 29.9 Å². The molecule has 1 fully saturated rings. The van der Waals surface area contributed by atoms with Crippen LogP contribution in [0.4, 0.5) is 0 Å². The molecule has 2 aliphatic rings. The number of ether oxygens (including phenoxy) is 1. The summed E-state index contributed by atoms with van der Waals surface area (Å²) in [6.07, 6.45) is 4.24. The molecule has 1 saturated carbocycles. The van der Waals surface area contributed by atoms with E-state index in [1.807, 2.05) is 6.26 Å². The molecule has 1 aromatic carbocycles. The van der Waals surface area contributed by atoms with Crippen LogP contribution in [0.1, 0.15) is 67.2 Å². The summed E-state index contributed by atoms with van der Waals surface area (Å²) in [5.41, 5.74) is 0.566. The van der Waals surface area contributed by atoms with E-state index in [1.54, 1.807) is 24.3 Å². The first kappa shape index (κ1) is 24.3. The molecule has 7 nitrogen and oxygen atoms in total. The molecule has 0 radical (unpaired) electrons. The van der Waals surface area contributed by atoms with Crippen molar-refractivity contribution >= 4 is 35.5 Å². The summed E-state index contributed by atoms with van der Waals surface area (Å²) in [6, 6.07) is 5.50. The molecule has 3 rings (SSSR count). The summed E-state index contributed by atoms with van der Waals surface area (Å²) < 4.78 is 5.48. The highest BCUT2D eigenvalue weighted by Crippen LogP contribution is 2.30. The number of fused-ring (bicyclic) bond motifs is 1. The number of thioether (sulfide) groups is 1. The van der Waals surface area contributed by atoms with E-state index in [9.17, 15) is 19.2 Å². The van der Waals surface area contributed by atoms with Crippen LogP contribution in [0.15, 0.2) is 24.3 Å². The summed E-state index contributed by atoms with van der Waals surface area (Å²) in [4.78, 5) is 52.5. The second-order valence-corrected chi connectivity index (χ2v) is 9.77. The minimum absolute atomic E-state index is 0.0518. The van der Waals surface area contributed by atoms with Gasteiger partial charge < -0.3 is 10.1 Å². The van der Waals surface area contributed by atoms with Crippen molar-refractivity contribution in [3.63, 3.8) is 0 Å². The minimum Gasteiger partial charge on any atom is -0.451 e. The Hall–Kier alpha value is -2.35. The summed E-state index contributed by atoms with van der Waals surface area (Å²) in [5, 5.41) is 3.02. The predicted octanol–water partition coefficient (Wildman–Crippen LogP) is 3.28. The third-order valence-electron chi connectivity index (χ3n) is 6.70. The van der Waals surface area contributed by atoms with Crippen molar-refractivity contribution in [1.29, 1.82) is 0 Å². The number of imide groups is 1. The molecule has 1 N–H and O–H groups in total. The fourth-order valence-corrected chi connectivity index (χ4v) is 4.92. The van der Waals surface area contributed by atoms with Gasteiger partial charge in [0.1, 0.15) is 6.04 Å². The van der Waals surface area contributed by atoms with Crippen molar-refractivity contribution in [2.45, 2.75) is 64.6 Å². The number of hydrogen-bond acceptors (Lipinski definition) is 6. The van der Waals surface area contributed by atoms with Crippen LogP contribution in [-0.2, 0) is 14.3 Å². The van der Waals surface area contributed by atoms with E-state index in [0.717, 1.165) is 24.2 Å². The van der Waals surface area contributed by atoms with Crippen molar-refractivity contribution in [2.24, 2.45) is 11.8 Å². The number of rotatable bonds is 8. The number of carbonyl (C=O) groups is 4. The number of amides is 3. The Morgan fingerprint density at radius 2 is 1.78 bits per heavy atom. The van der Waals surface area contributed by atoms with E-state index >= 15 is 0 Å². The Morgan fingerprint density at radius 3 is 2.38 bits per heavy atom. The number of carbonyl (C=O) groups excluding carboxylic acids is 4. The molecule has 5 atom stereocenters. The highest BCUT2D eigenvalue weighted by Gasteiger charge is 2.43. The van der Waals surface area contributed by atoms with E-state index in [1.165, 1.54) is 18.7 Å². The lowest BCUT2D eigenvalue weighted by Gasteiger charge is -2.35. The SMILES string of the molecule is CSCC[C@H](C(=O)O[C@H](C)C(=O)N[C@@H]1CCC[C@H](C)[C@H]1C)N1C(=O)c2ccccc2C1=O. The van der Waals surface area contributed by atoms with Crippen molar-refractivity contribution < 1.29 is 23.9 Å². The maximum absolute atomic E-state index is 13.0. The Morgan fingerprint density at radius 1 is 1.16 bits per heavy atom. The van der Waals surface area contributed by atoms with Gasteiger partial charge in [-0.05, 0) is 55.7 Å². The molecule has 0 aromatic heterocycles. The number of esters is 1. The van der Waals surface area contributed by atoms with Gasteiger partial charge in [-0.2, -0.15) is 11.8 Å². The lowest BCUT2D eigenvalue weighted by Crippen LogP contribution is -2.50. The van der Waals surface area contributed by atoms with Crippen LogP contribution in [-0.4, -0.2) is 58.8 Å². The van der Waals surface area contributed by atoms with Gasteiger partial charge in [-0.25, -0.2) is 4.79 Å². The van der Waals surface area contributed by atoms with Gasteiger partial charge in [-0.3, -0.25) is 19.3 Å². The Balaban J connectivity index is 1.69. The van der Waals surface area contributed by atoms with Crippen LogP contribution in [0, 0.1) is 11.8 Å². The number of hydrogen-bond donors (Lipinski definition) is 1. The van der Waals surface area contributed by atoms with Crippen molar-refractivity contribution in [3.8, 4) is 0 Å². The van der Waals surface area contributed by atoms with Gasteiger partial charge in [0.2, 0.25) is 0 Å². The van der Waals surface area contributed by atoms with E-state index in [4.69, 9.17) is 4.74 Å². The third kappa shape index (κ3) is 5.00. The largest absolute Gasteiger partial charge is 0.451 e. The van der Waals surface area contributed by atoms with Gasteiger partial charge in [0.25, 0.3) is 17.7 Å². The number of nitrogens with zero attached hydrogens (tertiary/aromatic N) is 1. The molecule has 174 valence electrons. The molecular formula is C24H32N2O5S. The molecule has 32 heavy (non-hydrogen) atoms. The molecular weight excluding hydrogens is 428 g/mol. The molecule has 1 heterocycles. The van der Waals surface area contributed by atoms with Crippen molar-refractivity contribution in [3.05, 3.63) is 35.4 Å². The van der Waals surface area contributed by atoms with Crippen LogP contribution < -0.4 is 5.32 Å². The first-order valence-electron chi connectivity index (χ1n) is 11.2. The van der Waals surface area contributed by atoms with Gasteiger partial charge in [0.15, 0.2) is 6.10 Å². The molecule has 1 aliphatic heterocycles. The van der Waals surface area contributed by atoms with E-state index in [-0.39, 0.29) is 29.5 Å². The van der Waals surface area contributed by atoms with Crippen molar-refractivity contribution in [1.82, 2.24) is 10.2 Å². The molecule has 3 amide bonds. The van der Waals surface area contributed by atoms with Gasteiger partial charge in [0.05, 0.1) is 11.1 Å². The molecule has 1 aliphatic carbocycles. The maximum Gasteiger partial charge on any atom is 0.330 e. The minimum atomic E-state index is -1.07. The van der Waals surface area contributed by atoms with E-state index in [0.29, 0.717) is 17.6 Å². The number of benzene rings is 1. The second-order valence-electron chi connectivity index (χ2n) is 8.78. The summed E-state index contributed by atoms with van der Waals surface area (Å²) in [7, 11) is 0. The predicted molar refractivity (Wildman–Crippen MR) is 123 cm³/mol. The fraction of sp³-hybridized carbons (Fsp3) is 0.583.